The first-order chi connectivity index (χ1) is 11.0. The van der Waals surface area contributed by atoms with E-state index in [9.17, 15) is 9.59 Å². The highest BCUT2D eigenvalue weighted by atomic mass is 35.5. The number of hydrogen-bond donors (Lipinski definition) is 3. The summed E-state index contributed by atoms with van der Waals surface area (Å²) in [5, 5.41) is 6.93. The third-order valence-corrected chi connectivity index (χ3v) is 4.28. The summed E-state index contributed by atoms with van der Waals surface area (Å²) in [6.45, 7) is 2.52. The minimum Gasteiger partial charge on any atom is -0.491 e. The first-order valence-electron chi connectivity index (χ1n) is 7.48. The summed E-state index contributed by atoms with van der Waals surface area (Å²) in [5.41, 5.74) is 3.23. The van der Waals surface area contributed by atoms with Crippen LogP contribution in [-0.4, -0.2) is 37.0 Å². The summed E-state index contributed by atoms with van der Waals surface area (Å²) >= 11 is 6.27. The van der Waals surface area contributed by atoms with Gasteiger partial charge in [-0.3, -0.25) is 9.59 Å². The summed E-state index contributed by atoms with van der Waals surface area (Å²) in [6, 6.07) is 1.79. The zero-order valence-electron chi connectivity index (χ0n) is 13.0. The standard InChI is InChI=1S/C16H18ClN3O3/c1-8(21)19-5-3-9-13-10-4-6-23-15(10)11(17)7-12(13)20-14(9)16(22)18-2/h7,20H,3-6H2,1-2H3,(H,18,22)(H,19,21). The molecule has 1 aromatic carbocycles. The van der Waals surface area contributed by atoms with Crippen molar-refractivity contribution in [3.05, 3.63) is 27.9 Å². The van der Waals surface area contributed by atoms with E-state index in [-0.39, 0.29) is 11.8 Å². The Morgan fingerprint density at radius 1 is 1.43 bits per heavy atom. The number of amides is 2. The fourth-order valence-corrected chi connectivity index (χ4v) is 3.32. The molecule has 2 amide bonds. The SMILES string of the molecule is CNC(=O)c1[nH]c2cc(Cl)c3c(c2c1CCNC(C)=O)CCO3. The van der Waals surface area contributed by atoms with Crippen LogP contribution in [0.5, 0.6) is 5.75 Å². The van der Waals surface area contributed by atoms with Crippen LogP contribution in [-0.2, 0) is 17.6 Å². The zero-order valence-corrected chi connectivity index (χ0v) is 13.8. The largest absolute Gasteiger partial charge is 0.491 e. The molecule has 0 bridgehead atoms. The molecule has 0 unspecified atom stereocenters. The minimum atomic E-state index is -0.192. The van der Waals surface area contributed by atoms with E-state index in [1.165, 1.54) is 6.92 Å². The fourth-order valence-electron chi connectivity index (χ4n) is 3.05. The third kappa shape index (κ3) is 2.74. The van der Waals surface area contributed by atoms with Gasteiger partial charge in [0, 0.05) is 43.4 Å². The molecule has 3 N–H and O–H groups in total. The predicted octanol–water partition coefficient (Wildman–Crippen LogP) is 1.79. The summed E-state index contributed by atoms with van der Waals surface area (Å²) in [7, 11) is 1.59. The highest BCUT2D eigenvalue weighted by Crippen LogP contribution is 2.41. The van der Waals surface area contributed by atoms with Crippen molar-refractivity contribution in [2.45, 2.75) is 19.8 Å². The Hall–Kier alpha value is -2.21. The van der Waals surface area contributed by atoms with Crippen molar-refractivity contribution in [3.8, 4) is 5.75 Å². The lowest BCUT2D eigenvalue weighted by Crippen LogP contribution is -2.24. The van der Waals surface area contributed by atoms with Crippen LogP contribution >= 0.6 is 11.6 Å². The number of hydrogen-bond acceptors (Lipinski definition) is 3. The number of aromatic amines is 1. The Morgan fingerprint density at radius 3 is 2.91 bits per heavy atom. The van der Waals surface area contributed by atoms with Gasteiger partial charge < -0.3 is 20.4 Å². The maximum absolute atomic E-state index is 12.2. The minimum absolute atomic E-state index is 0.0945. The number of benzene rings is 1. The van der Waals surface area contributed by atoms with Crippen LogP contribution in [0.4, 0.5) is 0 Å². The van der Waals surface area contributed by atoms with E-state index in [0.717, 1.165) is 28.5 Å². The van der Waals surface area contributed by atoms with Gasteiger partial charge in [-0.25, -0.2) is 0 Å². The first kappa shape index (κ1) is 15.7. The van der Waals surface area contributed by atoms with Gasteiger partial charge in [0.1, 0.15) is 11.4 Å². The summed E-state index contributed by atoms with van der Waals surface area (Å²) in [5.74, 6) is 0.410. The van der Waals surface area contributed by atoms with Crippen molar-refractivity contribution in [1.29, 1.82) is 0 Å². The van der Waals surface area contributed by atoms with Crippen molar-refractivity contribution in [2.24, 2.45) is 0 Å². The van der Waals surface area contributed by atoms with Crippen LogP contribution in [0.2, 0.25) is 5.02 Å². The third-order valence-electron chi connectivity index (χ3n) is 4.00. The van der Waals surface area contributed by atoms with Gasteiger partial charge in [0.25, 0.3) is 5.91 Å². The molecule has 6 nitrogen and oxygen atoms in total. The van der Waals surface area contributed by atoms with Gasteiger partial charge in [-0.1, -0.05) is 11.6 Å². The van der Waals surface area contributed by atoms with Gasteiger partial charge in [0.15, 0.2) is 0 Å². The van der Waals surface area contributed by atoms with Crippen LogP contribution in [0.15, 0.2) is 6.07 Å². The molecule has 0 radical (unpaired) electrons. The van der Waals surface area contributed by atoms with Crippen LogP contribution in [0.3, 0.4) is 0 Å². The second kappa shape index (κ2) is 6.12. The second-order valence-corrected chi connectivity index (χ2v) is 5.88. The van der Waals surface area contributed by atoms with Crippen molar-refractivity contribution in [3.63, 3.8) is 0 Å². The maximum Gasteiger partial charge on any atom is 0.267 e. The van der Waals surface area contributed by atoms with E-state index in [1.807, 2.05) is 0 Å². The highest BCUT2D eigenvalue weighted by Gasteiger charge is 2.25. The molecule has 122 valence electrons. The number of rotatable bonds is 4. The monoisotopic (exact) mass is 335 g/mol. The number of carbonyl (C=O) groups excluding carboxylic acids is 2. The Labute approximate surface area is 138 Å². The number of fused-ring (bicyclic) bond motifs is 3. The van der Waals surface area contributed by atoms with E-state index in [4.69, 9.17) is 16.3 Å². The lowest BCUT2D eigenvalue weighted by molar-refractivity contribution is -0.118. The molecular formula is C16H18ClN3O3. The number of aromatic nitrogens is 1. The average molecular weight is 336 g/mol. The molecule has 3 rings (SSSR count). The van der Waals surface area contributed by atoms with Crippen molar-refractivity contribution in [2.75, 3.05) is 20.2 Å². The van der Waals surface area contributed by atoms with Crippen LogP contribution in [0, 0.1) is 0 Å². The molecule has 1 aliphatic heterocycles. The van der Waals surface area contributed by atoms with E-state index in [0.29, 0.717) is 36.0 Å². The molecule has 1 aliphatic rings. The van der Waals surface area contributed by atoms with E-state index in [2.05, 4.69) is 15.6 Å². The lowest BCUT2D eigenvalue weighted by atomic mass is 10.00. The van der Waals surface area contributed by atoms with Crippen molar-refractivity contribution in [1.82, 2.24) is 15.6 Å². The summed E-state index contributed by atoms with van der Waals surface area (Å²) in [6.07, 6.45) is 1.31. The molecule has 0 spiro atoms. The Kier molecular flexibility index (Phi) is 4.17. The second-order valence-electron chi connectivity index (χ2n) is 5.48. The maximum atomic E-state index is 12.2. The van der Waals surface area contributed by atoms with E-state index >= 15 is 0 Å². The number of halogens is 1. The molecule has 0 fully saturated rings. The highest BCUT2D eigenvalue weighted by molar-refractivity contribution is 6.33. The molecule has 0 saturated heterocycles. The van der Waals surface area contributed by atoms with E-state index < -0.39 is 0 Å². The van der Waals surface area contributed by atoms with Gasteiger partial charge in [-0.15, -0.1) is 0 Å². The van der Waals surface area contributed by atoms with E-state index in [1.54, 1.807) is 13.1 Å². The fraction of sp³-hybridized carbons (Fsp3) is 0.375. The summed E-state index contributed by atoms with van der Waals surface area (Å²) in [4.78, 5) is 26.5. The molecule has 2 heterocycles. The first-order valence-corrected chi connectivity index (χ1v) is 7.86. The van der Waals surface area contributed by atoms with Gasteiger partial charge in [-0.2, -0.15) is 0 Å². The summed E-state index contributed by atoms with van der Waals surface area (Å²) < 4.78 is 5.61. The Balaban J connectivity index is 2.14. The number of H-pyrrole nitrogens is 1. The zero-order chi connectivity index (χ0) is 16.6. The normalized spacial score (nSPS) is 12.8. The molecule has 1 aromatic heterocycles. The van der Waals surface area contributed by atoms with Crippen molar-refractivity contribution >= 4 is 34.3 Å². The number of carbonyl (C=O) groups is 2. The van der Waals surface area contributed by atoms with Gasteiger partial charge in [0.05, 0.1) is 11.6 Å². The van der Waals surface area contributed by atoms with Crippen LogP contribution < -0.4 is 15.4 Å². The average Bonchev–Trinajstić information content (AvgIpc) is 3.11. The van der Waals surface area contributed by atoms with Gasteiger partial charge >= 0.3 is 0 Å². The van der Waals surface area contributed by atoms with Gasteiger partial charge in [-0.05, 0) is 18.1 Å². The molecular weight excluding hydrogens is 318 g/mol. The Morgan fingerprint density at radius 2 is 2.22 bits per heavy atom. The lowest BCUT2D eigenvalue weighted by Gasteiger charge is -2.07. The predicted molar refractivity (Wildman–Crippen MR) is 88.3 cm³/mol. The molecule has 23 heavy (non-hydrogen) atoms. The van der Waals surface area contributed by atoms with Crippen LogP contribution in [0.25, 0.3) is 10.9 Å². The molecule has 7 heteroatoms. The number of nitrogens with one attached hydrogen (secondary N) is 3. The quantitative estimate of drug-likeness (QED) is 0.796. The molecule has 0 saturated carbocycles. The number of ether oxygens (including phenoxy) is 1. The molecule has 2 aromatic rings. The molecule has 0 aliphatic carbocycles. The van der Waals surface area contributed by atoms with Gasteiger partial charge in [0.2, 0.25) is 5.91 Å². The van der Waals surface area contributed by atoms with Crippen LogP contribution in [0.1, 0.15) is 28.5 Å². The smallest absolute Gasteiger partial charge is 0.267 e. The topological polar surface area (TPSA) is 83.2 Å². The Bertz CT molecular complexity index is 798. The molecule has 0 atom stereocenters. The van der Waals surface area contributed by atoms with Crippen molar-refractivity contribution < 1.29 is 14.3 Å².